The minimum Gasteiger partial charge on any atom is -0.398 e. The summed E-state index contributed by atoms with van der Waals surface area (Å²) in [5, 5.41) is 0. The van der Waals surface area contributed by atoms with Crippen LogP contribution in [0.1, 0.15) is 25.7 Å². The van der Waals surface area contributed by atoms with Crippen LogP contribution in [0.25, 0.3) is 0 Å². The maximum absolute atomic E-state index is 9.48. The molecule has 0 radical (unpaired) electrons. The number of hydrogen-bond donors (Lipinski definition) is 1. The van der Waals surface area contributed by atoms with Crippen LogP contribution in [0.2, 0.25) is 25.2 Å². The van der Waals surface area contributed by atoms with E-state index in [1.54, 1.807) is 39.8 Å². The third-order valence-electron chi connectivity index (χ3n) is 4.66. The Morgan fingerprint density at radius 2 is 1.29 bits per heavy atom. The molecule has 0 bridgehead atoms. The highest BCUT2D eigenvalue weighted by molar-refractivity contribution is 8.62. The van der Waals surface area contributed by atoms with E-state index < -0.39 is 23.2 Å². The van der Waals surface area contributed by atoms with Crippen molar-refractivity contribution in [3.05, 3.63) is 0 Å². The summed E-state index contributed by atoms with van der Waals surface area (Å²) in [5.41, 5.74) is 0. The van der Waals surface area contributed by atoms with Gasteiger partial charge < -0.3 is 22.6 Å². The van der Waals surface area contributed by atoms with E-state index >= 15 is 0 Å². The van der Waals surface area contributed by atoms with Crippen molar-refractivity contribution < 1.29 is 22.6 Å². The molecule has 0 aliphatic carbocycles. The second-order valence-corrected chi connectivity index (χ2v) is 18.6. The Hall–Kier alpha value is 1.23. The molecule has 1 unspecified atom stereocenters. The molecule has 0 aliphatic rings. The zero-order valence-corrected chi connectivity index (χ0v) is 20.6. The van der Waals surface area contributed by atoms with Crippen LogP contribution < -0.4 is 0 Å². The second-order valence-electron chi connectivity index (χ2n) is 6.31. The molecule has 0 fully saturated rings. The summed E-state index contributed by atoms with van der Waals surface area (Å²) in [4.78, 5) is 9.48. The molecular formula is C14H35O5PS2Si2. The summed E-state index contributed by atoms with van der Waals surface area (Å²) in [5.74, 6) is 1.49. The second kappa shape index (κ2) is 13.4. The van der Waals surface area contributed by atoms with Crippen LogP contribution in [0.5, 0.6) is 0 Å². The Morgan fingerprint density at radius 3 is 1.58 bits per heavy atom. The molecule has 0 rings (SSSR count). The summed E-state index contributed by atoms with van der Waals surface area (Å²) in [6.07, 6.45) is 2.77. The molecule has 0 spiro atoms. The van der Waals surface area contributed by atoms with Gasteiger partial charge >= 0.3 is 17.1 Å². The van der Waals surface area contributed by atoms with Crippen LogP contribution in [-0.2, 0) is 29.5 Å². The summed E-state index contributed by atoms with van der Waals surface area (Å²) in [7, 11) is 2.98. The molecule has 0 aliphatic heterocycles. The molecular weight excluding hydrogens is 399 g/mol. The first-order valence-electron chi connectivity index (χ1n) is 8.30. The van der Waals surface area contributed by atoms with E-state index in [0.29, 0.717) is 5.92 Å². The van der Waals surface area contributed by atoms with Gasteiger partial charge in [0.25, 0.3) is 0 Å². The molecule has 24 heavy (non-hydrogen) atoms. The van der Waals surface area contributed by atoms with E-state index in [-0.39, 0.29) is 0 Å². The fourth-order valence-corrected chi connectivity index (χ4v) is 7.80. The van der Waals surface area contributed by atoms with E-state index in [0.717, 1.165) is 43.5 Å². The SMILES string of the molecule is CO[Si](C)(CCCC(CCC[Si](C)(OC)OC)CS[PH](O)=S)OC. The molecule has 0 heterocycles. The van der Waals surface area contributed by atoms with Crippen molar-refractivity contribution >= 4 is 46.4 Å². The van der Waals surface area contributed by atoms with E-state index in [1.807, 2.05) is 0 Å². The fraction of sp³-hybridized carbons (Fsp3) is 1.00. The summed E-state index contributed by atoms with van der Waals surface area (Å²) in [6, 6.07) is 1.99. The standard InChI is InChI=1S/C14H35O5PS2Si2/c1-16-23(5,17-2)11-7-9-14(13-22-20(15)21)10-8-12-24(6,18-3)19-4/h14,20H,7-13H2,1-6H3,(H,15,21). The van der Waals surface area contributed by atoms with Crippen molar-refractivity contribution in [1.29, 1.82) is 0 Å². The minimum absolute atomic E-state index is 0.559. The average Bonchev–Trinajstić information content (AvgIpc) is 2.58. The molecule has 10 heteroatoms. The van der Waals surface area contributed by atoms with E-state index in [9.17, 15) is 4.89 Å². The van der Waals surface area contributed by atoms with Crippen LogP contribution >= 0.6 is 17.5 Å². The lowest BCUT2D eigenvalue weighted by Crippen LogP contribution is -2.36. The highest BCUT2D eigenvalue weighted by Gasteiger charge is 2.30. The Kier molecular flexibility index (Phi) is 14.1. The summed E-state index contributed by atoms with van der Waals surface area (Å²) < 4.78 is 22.2. The third-order valence-corrected chi connectivity index (χ3v) is 13.8. The van der Waals surface area contributed by atoms with Gasteiger partial charge in [-0.05, 0) is 43.9 Å². The molecule has 1 N–H and O–H groups in total. The highest BCUT2D eigenvalue weighted by Crippen LogP contribution is 2.37. The Morgan fingerprint density at radius 1 is 0.917 bits per heavy atom. The number of hydrogen-bond acceptors (Lipinski definition) is 6. The molecule has 0 saturated carbocycles. The molecule has 0 aromatic carbocycles. The monoisotopic (exact) mass is 434 g/mol. The fourth-order valence-electron chi connectivity index (χ4n) is 2.50. The van der Waals surface area contributed by atoms with Crippen molar-refractivity contribution in [3.8, 4) is 0 Å². The Labute approximate surface area is 159 Å². The van der Waals surface area contributed by atoms with E-state index in [4.69, 9.17) is 29.5 Å². The first-order chi connectivity index (χ1) is 11.2. The van der Waals surface area contributed by atoms with Crippen molar-refractivity contribution in [2.45, 2.75) is 50.9 Å². The molecule has 5 nitrogen and oxygen atoms in total. The van der Waals surface area contributed by atoms with Crippen molar-refractivity contribution in [2.75, 3.05) is 34.2 Å². The van der Waals surface area contributed by atoms with Crippen molar-refractivity contribution in [3.63, 3.8) is 0 Å². The average molecular weight is 435 g/mol. The lowest BCUT2D eigenvalue weighted by atomic mass is 10.0. The van der Waals surface area contributed by atoms with E-state index in [2.05, 4.69) is 13.1 Å². The summed E-state index contributed by atoms with van der Waals surface area (Å²) in [6.45, 7) is 4.20. The van der Waals surface area contributed by atoms with Gasteiger partial charge in [-0.15, -0.1) is 11.4 Å². The minimum atomic E-state index is -1.99. The van der Waals surface area contributed by atoms with Gasteiger partial charge in [0.05, 0.1) is 0 Å². The van der Waals surface area contributed by atoms with Crippen LogP contribution in [0.4, 0.5) is 0 Å². The van der Waals surface area contributed by atoms with Crippen LogP contribution in [0.3, 0.4) is 0 Å². The molecule has 0 aromatic rings. The smallest absolute Gasteiger partial charge is 0.334 e. The van der Waals surface area contributed by atoms with Crippen molar-refractivity contribution in [1.82, 2.24) is 0 Å². The van der Waals surface area contributed by atoms with Gasteiger partial charge in [0.1, 0.15) is 6.13 Å². The van der Waals surface area contributed by atoms with Gasteiger partial charge in [0.15, 0.2) is 0 Å². The largest absolute Gasteiger partial charge is 0.398 e. The molecule has 0 saturated heterocycles. The lowest BCUT2D eigenvalue weighted by molar-refractivity contribution is 0.245. The maximum Gasteiger partial charge on any atom is 0.334 e. The van der Waals surface area contributed by atoms with Gasteiger partial charge in [0.2, 0.25) is 0 Å². The predicted molar refractivity (Wildman–Crippen MR) is 113 cm³/mol. The Balaban J connectivity index is 4.39. The first kappa shape index (κ1) is 25.2. The van der Waals surface area contributed by atoms with Crippen molar-refractivity contribution in [2.24, 2.45) is 5.92 Å². The first-order valence-corrected chi connectivity index (χ1v) is 17.6. The quantitative estimate of drug-likeness (QED) is 0.307. The van der Waals surface area contributed by atoms with Crippen LogP contribution in [0, 0.1) is 5.92 Å². The molecule has 0 amide bonds. The van der Waals surface area contributed by atoms with Gasteiger partial charge in [-0.25, -0.2) is 0 Å². The zero-order valence-electron chi connectivity index (χ0n) is 15.9. The Bertz CT molecular complexity index is 334. The lowest BCUT2D eigenvalue weighted by Gasteiger charge is -2.25. The van der Waals surface area contributed by atoms with Crippen LogP contribution in [-0.4, -0.2) is 56.2 Å². The van der Waals surface area contributed by atoms with Gasteiger partial charge in [-0.2, -0.15) is 0 Å². The van der Waals surface area contributed by atoms with Gasteiger partial charge in [0, 0.05) is 34.2 Å². The number of rotatable bonds is 15. The summed E-state index contributed by atoms with van der Waals surface area (Å²) >= 11 is 6.52. The van der Waals surface area contributed by atoms with Gasteiger partial charge in [-0.3, -0.25) is 0 Å². The molecule has 0 aromatic heterocycles. The topological polar surface area (TPSA) is 57.2 Å². The molecule has 146 valence electrons. The predicted octanol–water partition coefficient (Wildman–Crippen LogP) is 4.12. The highest BCUT2D eigenvalue weighted by atomic mass is 32.9. The normalized spacial score (nSPS) is 14.3. The van der Waals surface area contributed by atoms with Gasteiger partial charge in [-0.1, -0.05) is 24.6 Å². The maximum atomic E-state index is 9.48. The molecule has 1 atom stereocenters. The van der Waals surface area contributed by atoms with Crippen LogP contribution in [0.15, 0.2) is 0 Å². The zero-order chi connectivity index (χ0) is 18.6. The third kappa shape index (κ3) is 11.1. The van der Waals surface area contributed by atoms with E-state index in [1.165, 1.54) is 0 Å².